The summed E-state index contributed by atoms with van der Waals surface area (Å²) in [5.74, 6) is -0.507. The van der Waals surface area contributed by atoms with Crippen LogP contribution in [0.15, 0.2) is 36.5 Å². The van der Waals surface area contributed by atoms with Crippen LogP contribution in [0.5, 0.6) is 0 Å². The third-order valence-corrected chi connectivity index (χ3v) is 2.64. The number of amides is 1. The second-order valence-corrected chi connectivity index (χ2v) is 3.65. The van der Waals surface area contributed by atoms with Crippen molar-refractivity contribution in [1.82, 2.24) is 9.97 Å². The van der Waals surface area contributed by atoms with Crippen molar-refractivity contribution in [3.05, 3.63) is 42.2 Å². The number of fused-ring (bicyclic) bond motifs is 3. The average Bonchev–Trinajstić information content (AvgIpc) is 2.66. The Morgan fingerprint density at radius 1 is 1.19 bits per heavy atom. The fraction of sp³-hybridized carbons (Fsp3) is 0. The number of nitrogens with two attached hydrogens (primary N) is 1. The predicted octanol–water partition coefficient (Wildman–Crippen LogP) is 1.81. The second-order valence-electron chi connectivity index (χ2n) is 3.65. The lowest BCUT2D eigenvalue weighted by Gasteiger charge is -1.94. The van der Waals surface area contributed by atoms with Gasteiger partial charge in [0.2, 0.25) is 0 Å². The van der Waals surface area contributed by atoms with Crippen LogP contribution in [0.25, 0.3) is 21.8 Å². The van der Waals surface area contributed by atoms with Crippen LogP contribution in [0.4, 0.5) is 0 Å². The van der Waals surface area contributed by atoms with Crippen molar-refractivity contribution >= 4 is 27.7 Å². The minimum Gasteiger partial charge on any atom is -0.364 e. The summed E-state index contributed by atoms with van der Waals surface area (Å²) < 4.78 is 0. The molecule has 0 radical (unpaired) electrons. The molecular formula is C12H9N3O. The van der Waals surface area contributed by atoms with E-state index in [1.165, 1.54) is 0 Å². The molecule has 3 N–H and O–H groups in total. The number of hydrogen-bond donors (Lipinski definition) is 2. The third-order valence-electron chi connectivity index (χ3n) is 2.64. The van der Waals surface area contributed by atoms with Gasteiger partial charge in [-0.15, -0.1) is 0 Å². The van der Waals surface area contributed by atoms with E-state index in [2.05, 4.69) is 9.97 Å². The van der Waals surface area contributed by atoms with Crippen molar-refractivity contribution in [1.29, 1.82) is 0 Å². The van der Waals surface area contributed by atoms with E-state index in [0.717, 1.165) is 21.8 Å². The molecular weight excluding hydrogens is 202 g/mol. The van der Waals surface area contributed by atoms with Gasteiger partial charge >= 0.3 is 0 Å². The Kier molecular flexibility index (Phi) is 1.71. The Morgan fingerprint density at radius 3 is 2.81 bits per heavy atom. The Hall–Kier alpha value is -2.36. The van der Waals surface area contributed by atoms with E-state index < -0.39 is 5.91 Å². The number of rotatable bonds is 1. The summed E-state index contributed by atoms with van der Waals surface area (Å²) in [7, 11) is 0. The minimum atomic E-state index is -0.507. The molecule has 0 saturated carbocycles. The lowest BCUT2D eigenvalue weighted by molar-refractivity contribution is 0.0996. The third kappa shape index (κ3) is 1.16. The molecule has 16 heavy (non-hydrogen) atoms. The summed E-state index contributed by atoms with van der Waals surface area (Å²) in [6.07, 6.45) is 1.63. The number of pyridine rings is 1. The van der Waals surface area contributed by atoms with Gasteiger partial charge in [0.15, 0.2) is 0 Å². The minimum absolute atomic E-state index is 0.289. The first-order chi connectivity index (χ1) is 7.75. The van der Waals surface area contributed by atoms with Crippen LogP contribution in [-0.2, 0) is 0 Å². The molecule has 0 atom stereocenters. The summed E-state index contributed by atoms with van der Waals surface area (Å²) in [5, 5.41) is 2.04. The van der Waals surface area contributed by atoms with Crippen LogP contribution in [0.1, 0.15) is 10.5 Å². The molecule has 0 aliphatic rings. The van der Waals surface area contributed by atoms with E-state index in [-0.39, 0.29) is 5.69 Å². The maximum atomic E-state index is 11.1. The SMILES string of the molecule is NC(=O)c1cc2c(cn1)[nH]c1ccccc12. The predicted molar refractivity (Wildman–Crippen MR) is 62.1 cm³/mol. The average molecular weight is 211 g/mol. The number of nitrogens with one attached hydrogen (secondary N) is 1. The van der Waals surface area contributed by atoms with Crippen molar-refractivity contribution in [2.24, 2.45) is 5.73 Å². The number of nitrogens with zero attached hydrogens (tertiary/aromatic N) is 1. The lowest BCUT2D eigenvalue weighted by Crippen LogP contribution is -2.12. The molecule has 0 spiro atoms. The van der Waals surface area contributed by atoms with Crippen molar-refractivity contribution in [3.8, 4) is 0 Å². The Morgan fingerprint density at radius 2 is 2.00 bits per heavy atom. The van der Waals surface area contributed by atoms with Gasteiger partial charge in [0.25, 0.3) is 5.91 Å². The van der Waals surface area contributed by atoms with E-state index in [9.17, 15) is 4.79 Å². The van der Waals surface area contributed by atoms with E-state index in [0.29, 0.717) is 0 Å². The van der Waals surface area contributed by atoms with Crippen LogP contribution in [0, 0.1) is 0 Å². The monoisotopic (exact) mass is 211 g/mol. The van der Waals surface area contributed by atoms with E-state index in [1.807, 2.05) is 24.3 Å². The molecule has 4 heteroatoms. The molecule has 3 rings (SSSR count). The van der Waals surface area contributed by atoms with E-state index in [4.69, 9.17) is 5.73 Å². The summed E-state index contributed by atoms with van der Waals surface area (Å²) >= 11 is 0. The van der Waals surface area contributed by atoms with Gasteiger partial charge in [-0.2, -0.15) is 0 Å². The summed E-state index contributed by atoms with van der Waals surface area (Å²) in [5.41, 5.74) is 7.43. The molecule has 0 unspecified atom stereocenters. The quantitative estimate of drug-likeness (QED) is 0.644. The molecule has 1 aromatic carbocycles. The summed E-state index contributed by atoms with van der Waals surface area (Å²) in [6, 6.07) is 9.62. The molecule has 1 amide bonds. The van der Waals surface area contributed by atoms with Gasteiger partial charge in [-0.25, -0.2) is 4.98 Å². The van der Waals surface area contributed by atoms with Gasteiger partial charge in [0.1, 0.15) is 5.69 Å². The first-order valence-corrected chi connectivity index (χ1v) is 4.92. The highest BCUT2D eigenvalue weighted by Crippen LogP contribution is 2.24. The van der Waals surface area contributed by atoms with Gasteiger partial charge in [-0.1, -0.05) is 18.2 Å². The van der Waals surface area contributed by atoms with E-state index >= 15 is 0 Å². The molecule has 2 aromatic heterocycles. The Labute approximate surface area is 91.1 Å². The molecule has 3 aromatic rings. The van der Waals surface area contributed by atoms with Crippen LogP contribution in [0.3, 0.4) is 0 Å². The lowest BCUT2D eigenvalue weighted by atomic mass is 10.1. The maximum absolute atomic E-state index is 11.1. The summed E-state index contributed by atoms with van der Waals surface area (Å²) in [4.78, 5) is 18.3. The first-order valence-electron chi connectivity index (χ1n) is 4.92. The molecule has 0 aliphatic heterocycles. The molecule has 0 aliphatic carbocycles. The van der Waals surface area contributed by atoms with Crippen LogP contribution >= 0.6 is 0 Å². The van der Waals surface area contributed by atoms with E-state index in [1.54, 1.807) is 12.3 Å². The summed E-state index contributed by atoms with van der Waals surface area (Å²) in [6.45, 7) is 0. The number of hydrogen-bond acceptors (Lipinski definition) is 2. The number of carbonyl (C=O) groups is 1. The van der Waals surface area contributed by atoms with Gasteiger partial charge in [-0.3, -0.25) is 4.79 Å². The molecule has 0 fully saturated rings. The zero-order valence-corrected chi connectivity index (χ0v) is 8.40. The number of H-pyrrole nitrogens is 1. The number of aromatic nitrogens is 2. The number of aromatic amines is 1. The van der Waals surface area contributed by atoms with Gasteiger partial charge in [0.05, 0.1) is 11.7 Å². The number of benzene rings is 1. The largest absolute Gasteiger partial charge is 0.364 e. The fourth-order valence-corrected chi connectivity index (χ4v) is 1.88. The molecule has 2 heterocycles. The van der Waals surface area contributed by atoms with Gasteiger partial charge in [0, 0.05) is 16.3 Å². The number of para-hydroxylation sites is 1. The molecule has 0 bridgehead atoms. The molecule has 4 nitrogen and oxygen atoms in total. The van der Waals surface area contributed by atoms with Crippen LogP contribution in [-0.4, -0.2) is 15.9 Å². The van der Waals surface area contributed by atoms with Crippen molar-refractivity contribution in [2.75, 3.05) is 0 Å². The van der Waals surface area contributed by atoms with Gasteiger partial charge < -0.3 is 10.7 Å². The fourth-order valence-electron chi connectivity index (χ4n) is 1.88. The zero-order chi connectivity index (χ0) is 11.1. The second kappa shape index (κ2) is 3.06. The topological polar surface area (TPSA) is 71.8 Å². The van der Waals surface area contributed by atoms with Gasteiger partial charge in [-0.05, 0) is 12.1 Å². The molecule has 78 valence electrons. The Balaban J connectivity index is 2.44. The zero-order valence-electron chi connectivity index (χ0n) is 8.40. The van der Waals surface area contributed by atoms with Crippen molar-refractivity contribution in [3.63, 3.8) is 0 Å². The normalized spacial score (nSPS) is 11.0. The van der Waals surface area contributed by atoms with Crippen LogP contribution < -0.4 is 5.73 Å². The van der Waals surface area contributed by atoms with Crippen LogP contribution in [0.2, 0.25) is 0 Å². The number of carbonyl (C=O) groups excluding carboxylic acids is 1. The highest BCUT2D eigenvalue weighted by Gasteiger charge is 2.07. The smallest absolute Gasteiger partial charge is 0.267 e. The first kappa shape index (κ1) is 8.91. The highest BCUT2D eigenvalue weighted by atomic mass is 16.1. The Bertz CT molecular complexity index is 700. The van der Waals surface area contributed by atoms with Crippen molar-refractivity contribution in [2.45, 2.75) is 0 Å². The molecule has 0 saturated heterocycles. The number of primary amides is 1. The standard InChI is InChI=1S/C12H9N3O/c13-12(16)10-5-8-7-3-1-2-4-9(7)15-11(8)6-14-10/h1-6,15H,(H2,13,16). The highest BCUT2D eigenvalue weighted by molar-refractivity contribution is 6.08. The van der Waals surface area contributed by atoms with Crippen molar-refractivity contribution < 1.29 is 4.79 Å². The maximum Gasteiger partial charge on any atom is 0.267 e.